The average Bonchev–Trinajstić information content (AvgIpc) is 2.75. The lowest BCUT2D eigenvalue weighted by Gasteiger charge is -2.29. The van der Waals surface area contributed by atoms with Crippen molar-refractivity contribution in [3.8, 4) is 0 Å². The molecule has 3 heteroatoms. The first-order valence-electron chi connectivity index (χ1n) is 7.06. The van der Waals surface area contributed by atoms with E-state index in [9.17, 15) is 5.11 Å². The van der Waals surface area contributed by atoms with Gasteiger partial charge in [-0.3, -0.25) is 4.90 Å². The van der Waals surface area contributed by atoms with Crippen molar-refractivity contribution in [2.24, 2.45) is 0 Å². The standard InChI is InChI=1S/C16H25NO2/c1-11-5-6-14(12(2)9-11)16(18)10-17(4)15-7-8-19-13(15)3/h5-6,9,13,15-16,18H,7-8,10H2,1-4H3. The van der Waals surface area contributed by atoms with Gasteiger partial charge in [-0.15, -0.1) is 0 Å². The number of ether oxygens (including phenoxy) is 1. The maximum absolute atomic E-state index is 10.4. The Balaban J connectivity index is 2.02. The molecule has 1 aromatic carbocycles. The van der Waals surface area contributed by atoms with Gasteiger partial charge in [-0.2, -0.15) is 0 Å². The summed E-state index contributed by atoms with van der Waals surface area (Å²) in [5, 5.41) is 10.4. The molecule has 0 aliphatic carbocycles. The van der Waals surface area contributed by atoms with E-state index in [1.54, 1.807) is 0 Å². The summed E-state index contributed by atoms with van der Waals surface area (Å²) in [4.78, 5) is 2.22. The summed E-state index contributed by atoms with van der Waals surface area (Å²) in [7, 11) is 2.07. The van der Waals surface area contributed by atoms with E-state index in [-0.39, 0.29) is 6.10 Å². The third-order valence-electron chi connectivity index (χ3n) is 4.15. The predicted octanol–water partition coefficient (Wildman–Crippen LogP) is 2.45. The van der Waals surface area contributed by atoms with Gasteiger partial charge in [-0.1, -0.05) is 23.8 Å². The number of hydrogen-bond acceptors (Lipinski definition) is 3. The molecule has 1 aromatic rings. The molecular formula is C16H25NO2. The molecule has 106 valence electrons. The van der Waals surface area contributed by atoms with Crippen LogP contribution >= 0.6 is 0 Å². The molecule has 3 nitrogen and oxygen atoms in total. The molecule has 1 aliphatic rings. The van der Waals surface area contributed by atoms with E-state index in [1.165, 1.54) is 5.56 Å². The zero-order chi connectivity index (χ0) is 14.0. The van der Waals surface area contributed by atoms with Gasteiger partial charge in [0.15, 0.2) is 0 Å². The first kappa shape index (κ1) is 14.5. The highest BCUT2D eigenvalue weighted by atomic mass is 16.5. The molecule has 1 fully saturated rings. The van der Waals surface area contributed by atoms with Crippen LogP contribution in [0.2, 0.25) is 0 Å². The molecule has 1 saturated heterocycles. The van der Waals surface area contributed by atoms with Crippen LogP contribution in [0, 0.1) is 13.8 Å². The Morgan fingerprint density at radius 3 is 2.74 bits per heavy atom. The number of nitrogens with zero attached hydrogens (tertiary/aromatic N) is 1. The molecule has 0 amide bonds. The zero-order valence-electron chi connectivity index (χ0n) is 12.4. The maximum Gasteiger partial charge on any atom is 0.0919 e. The summed E-state index contributed by atoms with van der Waals surface area (Å²) < 4.78 is 5.59. The highest BCUT2D eigenvalue weighted by Crippen LogP contribution is 2.23. The summed E-state index contributed by atoms with van der Waals surface area (Å²) in [6.45, 7) is 7.73. The van der Waals surface area contributed by atoms with Gasteiger partial charge in [-0.25, -0.2) is 0 Å². The minimum atomic E-state index is -0.432. The van der Waals surface area contributed by atoms with Crippen molar-refractivity contribution < 1.29 is 9.84 Å². The Morgan fingerprint density at radius 1 is 1.42 bits per heavy atom. The minimum Gasteiger partial charge on any atom is -0.387 e. The summed E-state index contributed by atoms with van der Waals surface area (Å²) in [5.74, 6) is 0. The summed E-state index contributed by atoms with van der Waals surface area (Å²) >= 11 is 0. The molecule has 1 heterocycles. The number of rotatable bonds is 4. The Bertz CT molecular complexity index is 433. The van der Waals surface area contributed by atoms with Gasteiger partial charge >= 0.3 is 0 Å². The fourth-order valence-electron chi connectivity index (χ4n) is 3.01. The normalized spacial score (nSPS) is 24.9. The third-order valence-corrected chi connectivity index (χ3v) is 4.15. The second-order valence-corrected chi connectivity index (χ2v) is 5.75. The topological polar surface area (TPSA) is 32.7 Å². The Kier molecular flexibility index (Phi) is 4.61. The van der Waals surface area contributed by atoms with E-state index < -0.39 is 6.10 Å². The van der Waals surface area contributed by atoms with Crippen molar-refractivity contribution in [1.82, 2.24) is 4.90 Å². The fourth-order valence-corrected chi connectivity index (χ4v) is 3.01. The van der Waals surface area contributed by atoms with Gasteiger partial charge in [0.1, 0.15) is 0 Å². The number of benzene rings is 1. The molecular weight excluding hydrogens is 238 g/mol. The summed E-state index contributed by atoms with van der Waals surface area (Å²) in [6, 6.07) is 6.64. The molecule has 0 spiro atoms. The van der Waals surface area contributed by atoms with Crippen LogP contribution < -0.4 is 0 Å². The molecule has 0 saturated carbocycles. The van der Waals surface area contributed by atoms with Crippen molar-refractivity contribution in [3.63, 3.8) is 0 Å². The molecule has 3 atom stereocenters. The first-order chi connectivity index (χ1) is 8.99. The highest BCUT2D eigenvalue weighted by Gasteiger charge is 2.29. The van der Waals surface area contributed by atoms with E-state index in [0.717, 1.165) is 24.2 Å². The molecule has 0 aromatic heterocycles. The van der Waals surface area contributed by atoms with Crippen LogP contribution in [0.25, 0.3) is 0 Å². The molecule has 1 N–H and O–H groups in total. The lowest BCUT2D eigenvalue weighted by Crippen LogP contribution is -2.39. The lowest BCUT2D eigenvalue weighted by atomic mass is 10.00. The maximum atomic E-state index is 10.4. The molecule has 3 unspecified atom stereocenters. The van der Waals surface area contributed by atoms with Gasteiger partial charge < -0.3 is 9.84 Å². The van der Waals surface area contributed by atoms with Crippen molar-refractivity contribution in [2.45, 2.75) is 45.4 Å². The second kappa shape index (κ2) is 6.04. The van der Waals surface area contributed by atoms with Gasteiger partial charge in [0.25, 0.3) is 0 Å². The minimum absolute atomic E-state index is 0.260. The zero-order valence-corrected chi connectivity index (χ0v) is 12.4. The van der Waals surface area contributed by atoms with Crippen molar-refractivity contribution in [3.05, 3.63) is 34.9 Å². The van der Waals surface area contributed by atoms with Crippen LogP contribution in [-0.4, -0.2) is 42.4 Å². The molecule has 19 heavy (non-hydrogen) atoms. The Morgan fingerprint density at radius 2 is 2.16 bits per heavy atom. The Labute approximate surface area is 116 Å². The van der Waals surface area contributed by atoms with Crippen molar-refractivity contribution in [2.75, 3.05) is 20.2 Å². The lowest BCUT2D eigenvalue weighted by molar-refractivity contribution is 0.0577. The van der Waals surface area contributed by atoms with Gasteiger partial charge in [0.2, 0.25) is 0 Å². The number of hydrogen-bond donors (Lipinski definition) is 1. The third kappa shape index (κ3) is 3.35. The average molecular weight is 263 g/mol. The largest absolute Gasteiger partial charge is 0.387 e. The number of aryl methyl sites for hydroxylation is 2. The highest BCUT2D eigenvalue weighted by molar-refractivity contribution is 5.32. The van der Waals surface area contributed by atoms with Gasteiger partial charge in [-0.05, 0) is 45.4 Å². The molecule has 0 radical (unpaired) electrons. The second-order valence-electron chi connectivity index (χ2n) is 5.75. The van der Waals surface area contributed by atoms with E-state index >= 15 is 0 Å². The van der Waals surface area contributed by atoms with E-state index in [2.05, 4.69) is 44.9 Å². The Hall–Kier alpha value is -0.900. The van der Waals surface area contributed by atoms with Crippen LogP contribution in [-0.2, 0) is 4.74 Å². The van der Waals surface area contributed by atoms with E-state index in [1.807, 2.05) is 6.07 Å². The molecule has 0 bridgehead atoms. The quantitative estimate of drug-likeness (QED) is 0.905. The number of likely N-dealkylation sites (N-methyl/N-ethyl adjacent to an activating group) is 1. The fraction of sp³-hybridized carbons (Fsp3) is 0.625. The van der Waals surface area contributed by atoms with Crippen LogP contribution in [0.1, 0.15) is 36.1 Å². The van der Waals surface area contributed by atoms with Crippen molar-refractivity contribution >= 4 is 0 Å². The summed E-state index contributed by atoms with van der Waals surface area (Å²) in [6.07, 6.45) is 0.881. The predicted molar refractivity (Wildman–Crippen MR) is 77.3 cm³/mol. The smallest absolute Gasteiger partial charge is 0.0919 e. The van der Waals surface area contributed by atoms with Crippen LogP contribution in [0.15, 0.2) is 18.2 Å². The van der Waals surface area contributed by atoms with Gasteiger partial charge in [0, 0.05) is 19.2 Å². The number of aliphatic hydroxyl groups is 1. The van der Waals surface area contributed by atoms with Crippen LogP contribution in [0.4, 0.5) is 0 Å². The SMILES string of the molecule is Cc1ccc(C(O)CN(C)C2CCOC2C)c(C)c1. The van der Waals surface area contributed by atoms with E-state index in [0.29, 0.717) is 12.6 Å². The van der Waals surface area contributed by atoms with Crippen LogP contribution in [0.5, 0.6) is 0 Å². The molecule has 1 aliphatic heterocycles. The summed E-state index contributed by atoms with van der Waals surface area (Å²) in [5.41, 5.74) is 3.43. The van der Waals surface area contributed by atoms with Gasteiger partial charge in [0.05, 0.1) is 12.2 Å². The first-order valence-corrected chi connectivity index (χ1v) is 7.06. The van der Waals surface area contributed by atoms with Crippen molar-refractivity contribution in [1.29, 1.82) is 0 Å². The monoisotopic (exact) mass is 263 g/mol. The van der Waals surface area contributed by atoms with Crippen LogP contribution in [0.3, 0.4) is 0 Å². The van der Waals surface area contributed by atoms with E-state index in [4.69, 9.17) is 4.74 Å². The molecule has 2 rings (SSSR count). The number of aliphatic hydroxyl groups excluding tert-OH is 1.